The Morgan fingerprint density at radius 3 is 2.67 bits per heavy atom. The zero-order valence-electron chi connectivity index (χ0n) is 12.7. The van der Waals surface area contributed by atoms with Crippen LogP contribution < -0.4 is 16.1 Å². The van der Waals surface area contributed by atoms with E-state index in [2.05, 4.69) is 20.3 Å². The Kier molecular flexibility index (Phi) is 4.79. The molecule has 116 valence electrons. The first-order chi connectivity index (χ1) is 10.0. The van der Waals surface area contributed by atoms with Gasteiger partial charge >= 0.3 is 5.97 Å². The number of hydrogen-bond donors (Lipinski definition) is 2. The third kappa shape index (κ3) is 3.52. The van der Waals surface area contributed by atoms with Crippen molar-refractivity contribution in [2.24, 2.45) is 5.92 Å². The molecule has 21 heavy (non-hydrogen) atoms. The Morgan fingerprint density at radius 2 is 2.10 bits per heavy atom. The molecule has 1 aliphatic rings. The molecular formula is C13H22N6O2. The van der Waals surface area contributed by atoms with Crippen molar-refractivity contribution in [1.82, 2.24) is 15.0 Å². The molecule has 0 spiro atoms. The van der Waals surface area contributed by atoms with Gasteiger partial charge in [-0.1, -0.05) is 0 Å². The second kappa shape index (κ2) is 6.57. The van der Waals surface area contributed by atoms with E-state index in [1.165, 1.54) is 13.4 Å². The Hall–Kier alpha value is -2.09. The summed E-state index contributed by atoms with van der Waals surface area (Å²) in [6.45, 7) is 1.45. The molecule has 0 amide bonds. The number of rotatable bonds is 4. The molecule has 8 heteroatoms. The molecule has 2 rings (SSSR count). The molecule has 0 radical (unpaired) electrons. The van der Waals surface area contributed by atoms with Crippen LogP contribution in [0, 0.1) is 5.92 Å². The molecule has 1 aliphatic heterocycles. The van der Waals surface area contributed by atoms with Crippen LogP contribution in [0.5, 0.6) is 0 Å². The highest BCUT2D eigenvalue weighted by molar-refractivity contribution is 5.76. The Morgan fingerprint density at radius 1 is 1.43 bits per heavy atom. The summed E-state index contributed by atoms with van der Waals surface area (Å²) in [7, 11) is 5.16. The van der Waals surface area contributed by atoms with Gasteiger partial charge in [-0.15, -0.1) is 0 Å². The highest BCUT2D eigenvalue weighted by Gasteiger charge is 2.27. The summed E-state index contributed by atoms with van der Waals surface area (Å²) >= 11 is 0. The number of carbonyl (C=O) groups excluding carboxylic acids is 1. The van der Waals surface area contributed by atoms with Gasteiger partial charge in [0.1, 0.15) is 12.0 Å². The molecule has 8 nitrogen and oxygen atoms in total. The van der Waals surface area contributed by atoms with E-state index in [1.807, 2.05) is 14.1 Å². The van der Waals surface area contributed by atoms with Crippen molar-refractivity contribution in [1.29, 1.82) is 0 Å². The number of hydrogen-bond acceptors (Lipinski definition) is 8. The number of methoxy groups -OCH3 is 1. The minimum absolute atomic E-state index is 0.0336. The number of nitrogens with one attached hydrogen (secondary N) is 1. The van der Waals surface area contributed by atoms with Crippen molar-refractivity contribution in [2.45, 2.75) is 12.8 Å². The van der Waals surface area contributed by atoms with Gasteiger partial charge in [0.05, 0.1) is 13.0 Å². The quantitative estimate of drug-likeness (QED) is 0.606. The average Bonchev–Trinajstić information content (AvgIpc) is 2.48. The first-order valence-corrected chi connectivity index (χ1v) is 6.90. The number of piperidine rings is 1. The van der Waals surface area contributed by atoms with Crippen molar-refractivity contribution in [3.63, 3.8) is 0 Å². The van der Waals surface area contributed by atoms with Crippen LogP contribution in [0.2, 0.25) is 0 Å². The molecule has 1 aromatic rings. The van der Waals surface area contributed by atoms with Crippen molar-refractivity contribution < 1.29 is 9.53 Å². The summed E-state index contributed by atoms with van der Waals surface area (Å²) in [6.07, 6.45) is 2.98. The van der Waals surface area contributed by atoms with E-state index in [0.29, 0.717) is 17.3 Å². The molecule has 2 heterocycles. The van der Waals surface area contributed by atoms with Crippen LogP contribution in [0.3, 0.4) is 0 Å². The maximum Gasteiger partial charge on any atom is 0.308 e. The van der Waals surface area contributed by atoms with E-state index >= 15 is 0 Å². The Bertz CT molecular complexity index is 499. The largest absolute Gasteiger partial charge is 0.469 e. The standard InChI is InChI=1S/C13H22N6O2/c1-18(2)17-11-10(14)12(16-8-15-11)19-6-4-9(5-7-19)13(20)21-3/h8-9H,4-7,14H2,1-3H3,(H,15,16,17). The number of nitrogen functional groups attached to an aromatic ring is 1. The predicted octanol–water partition coefficient (Wildman–Crippen LogP) is 0.337. The lowest BCUT2D eigenvalue weighted by Crippen LogP contribution is -2.37. The first kappa shape index (κ1) is 15.3. The average molecular weight is 294 g/mol. The first-order valence-electron chi connectivity index (χ1n) is 6.90. The van der Waals surface area contributed by atoms with Gasteiger partial charge in [0.2, 0.25) is 0 Å². The van der Waals surface area contributed by atoms with Crippen LogP contribution in [-0.4, -0.2) is 55.2 Å². The third-order valence-corrected chi connectivity index (χ3v) is 3.52. The van der Waals surface area contributed by atoms with Crippen LogP contribution >= 0.6 is 0 Å². The second-order valence-electron chi connectivity index (χ2n) is 5.25. The minimum Gasteiger partial charge on any atom is -0.469 e. The van der Waals surface area contributed by atoms with Crippen LogP contribution in [0.4, 0.5) is 17.3 Å². The molecule has 1 fully saturated rings. The van der Waals surface area contributed by atoms with Gasteiger partial charge < -0.3 is 20.8 Å². The monoisotopic (exact) mass is 294 g/mol. The van der Waals surface area contributed by atoms with Gasteiger partial charge in [0, 0.05) is 27.2 Å². The van der Waals surface area contributed by atoms with Crippen LogP contribution in [0.1, 0.15) is 12.8 Å². The lowest BCUT2D eigenvalue weighted by molar-refractivity contribution is -0.146. The van der Waals surface area contributed by atoms with E-state index in [0.717, 1.165) is 25.9 Å². The predicted molar refractivity (Wildman–Crippen MR) is 80.7 cm³/mol. The highest BCUT2D eigenvalue weighted by Crippen LogP contribution is 2.29. The number of aromatic nitrogens is 2. The Labute approximate surface area is 124 Å². The summed E-state index contributed by atoms with van der Waals surface area (Å²) < 4.78 is 4.79. The highest BCUT2D eigenvalue weighted by atomic mass is 16.5. The van der Waals surface area contributed by atoms with Crippen LogP contribution in [-0.2, 0) is 9.53 Å². The van der Waals surface area contributed by atoms with Gasteiger partial charge in [-0.2, -0.15) is 0 Å². The molecule has 0 aromatic carbocycles. The van der Waals surface area contributed by atoms with Gasteiger partial charge in [-0.3, -0.25) is 4.79 Å². The number of ether oxygens (including phenoxy) is 1. The second-order valence-corrected chi connectivity index (χ2v) is 5.25. The van der Waals surface area contributed by atoms with Crippen molar-refractivity contribution in [3.05, 3.63) is 6.33 Å². The van der Waals surface area contributed by atoms with Gasteiger partial charge in [-0.25, -0.2) is 15.0 Å². The molecule has 0 atom stereocenters. The van der Waals surface area contributed by atoms with E-state index in [9.17, 15) is 4.79 Å². The molecule has 0 unspecified atom stereocenters. The molecule has 3 N–H and O–H groups in total. The van der Waals surface area contributed by atoms with Crippen molar-refractivity contribution in [3.8, 4) is 0 Å². The number of hydrazine groups is 1. The van der Waals surface area contributed by atoms with Crippen LogP contribution in [0.25, 0.3) is 0 Å². The molecule has 1 saturated heterocycles. The SMILES string of the molecule is COC(=O)C1CCN(c2ncnc(NN(C)C)c2N)CC1. The molecule has 0 saturated carbocycles. The number of nitrogens with two attached hydrogens (primary N) is 1. The summed E-state index contributed by atoms with van der Waals surface area (Å²) in [5.41, 5.74) is 9.70. The zero-order valence-corrected chi connectivity index (χ0v) is 12.7. The molecule has 0 bridgehead atoms. The topological polar surface area (TPSA) is 96.6 Å². The minimum atomic E-state index is -0.139. The fraction of sp³-hybridized carbons (Fsp3) is 0.615. The van der Waals surface area contributed by atoms with Gasteiger partial charge in [-0.05, 0) is 12.8 Å². The van der Waals surface area contributed by atoms with E-state index in [1.54, 1.807) is 5.01 Å². The van der Waals surface area contributed by atoms with E-state index in [-0.39, 0.29) is 11.9 Å². The van der Waals surface area contributed by atoms with Gasteiger partial charge in [0.25, 0.3) is 0 Å². The zero-order chi connectivity index (χ0) is 15.4. The summed E-state index contributed by atoms with van der Waals surface area (Å²) in [6, 6.07) is 0. The molecular weight excluding hydrogens is 272 g/mol. The number of anilines is 3. The lowest BCUT2D eigenvalue weighted by atomic mass is 9.97. The summed E-state index contributed by atoms with van der Waals surface area (Å²) in [5, 5.41) is 1.77. The number of nitrogens with zero attached hydrogens (tertiary/aromatic N) is 4. The van der Waals surface area contributed by atoms with E-state index < -0.39 is 0 Å². The van der Waals surface area contributed by atoms with Crippen molar-refractivity contribution >= 4 is 23.3 Å². The summed E-state index contributed by atoms with van der Waals surface area (Å²) in [4.78, 5) is 22.0. The lowest BCUT2D eigenvalue weighted by Gasteiger charge is -2.32. The third-order valence-electron chi connectivity index (χ3n) is 3.52. The van der Waals surface area contributed by atoms with Gasteiger partial charge in [0.15, 0.2) is 11.6 Å². The fourth-order valence-corrected chi connectivity index (χ4v) is 2.43. The Balaban J connectivity index is 2.08. The maximum absolute atomic E-state index is 11.5. The fourth-order valence-electron chi connectivity index (χ4n) is 2.43. The molecule has 0 aliphatic carbocycles. The molecule has 1 aromatic heterocycles. The number of esters is 1. The van der Waals surface area contributed by atoms with E-state index in [4.69, 9.17) is 10.5 Å². The summed E-state index contributed by atoms with van der Waals surface area (Å²) in [5.74, 6) is 1.12. The normalized spacial score (nSPS) is 16.1. The number of carbonyl (C=O) groups is 1. The maximum atomic E-state index is 11.5. The van der Waals surface area contributed by atoms with Crippen LogP contribution in [0.15, 0.2) is 6.33 Å². The van der Waals surface area contributed by atoms with Crippen molar-refractivity contribution in [2.75, 3.05) is 50.4 Å². The smallest absolute Gasteiger partial charge is 0.308 e.